The summed E-state index contributed by atoms with van der Waals surface area (Å²) in [5.41, 5.74) is -0.683. The molecule has 0 spiro atoms. The summed E-state index contributed by atoms with van der Waals surface area (Å²) in [7, 11) is 1.19. The van der Waals surface area contributed by atoms with E-state index in [-0.39, 0.29) is 23.2 Å². The van der Waals surface area contributed by atoms with Gasteiger partial charge in [-0.3, -0.25) is 4.79 Å². The number of carbonyl (C=O) groups is 1. The van der Waals surface area contributed by atoms with Crippen molar-refractivity contribution in [1.82, 2.24) is 0 Å². The van der Waals surface area contributed by atoms with Crippen LogP contribution in [-0.2, 0) is 11.0 Å². The van der Waals surface area contributed by atoms with Crippen LogP contribution in [0.4, 0.5) is 18.9 Å². The highest BCUT2D eigenvalue weighted by Crippen LogP contribution is 2.39. The molecule has 1 fully saturated rings. The van der Waals surface area contributed by atoms with Gasteiger partial charge in [0.2, 0.25) is 5.91 Å². The third-order valence-electron chi connectivity index (χ3n) is 4.38. The largest absolute Gasteiger partial charge is 0.496 e. The summed E-state index contributed by atoms with van der Waals surface area (Å²) in [5, 5.41) is 0. The van der Waals surface area contributed by atoms with E-state index >= 15 is 0 Å². The number of methoxy groups -OCH3 is 1. The summed E-state index contributed by atoms with van der Waals surface area (Å²) in [5.74, 6) is -0.620. The number of anilines is 1. The molecule has 0 saturated heterocycles. The molecule has 0 radical (unpaired) electrons. The molecule has 0 aromatic heterocycles. The molecule has 0 heterocycles. The van der Waals surface area contributed by atoms with Crippen LogP contribution in [0.15, 0.2) is 18.2 Å². The van der Waals surface area contributed by atoms with Gasteiger partial charge in [0, 0.05) is 12.2 Å². The summed E-state index contributed by atoms with van der Waals surface area (Å²) >= 11 is 5.66. The first kappa shape index (κ1) is 18.9. The zero-order valence-corrected chi connectivity index (χ0v) is 14.3. The molecule has 3 nitrogen and oxygen atoms in total. The van der Waals surface area contributed by atoms with Crippen LogP contribution in [0.3, 0.4) is 0 Å². The normalized spacial score (nSPS) is 16.0. The highest BCUT2D eigenvalue weighted by atomic mass is 35.5. The van der Waals surface area contributed by atoms with Crippen molar-refractivity contribution in [2.75, 3.05) is 24.4 Å². The lowest BCUT2D eigenvalue weighted by Crippen LogP contribution is -2.37. The molecule has 1 aliphatic carbocycles. The standard InChI is InChI=1S/C17H21ClF3NO2/c1-24-15-8-7-13(9-14(15)17(19,20)21)22(16(23)10-18)11-12-5-3-2-4-6-12/h7-9,12H,2-6,10-11H2,1H3. The van der Waals surface area contributed by atoms with Crippen LogP contribution < -0.4 is 9.64 Å². The lowest BCUT2D eigenvalue weighted by molar-refractivity contribution is -0.138. The van der Waals surface area contributed by atoms with E-state index in [0.29, 0.717) is 12.5 Å². The SMILES string of the molecule is COc1ccc(N(CC2CCCCC2)C(=O)CCl)cc1C(F)(F)F. The van der Waals surface area contributed by atoms with Gasteiger partial charge in [-0.2, -0.15) is 13.2 Å². The van der Waals surface area contributed by atoms with Crippen molar-refractivity contribution in [2.24, 2.45) is 5.92 Å². The summed E-state index contributed by atoms with van der Waals surface area (Å²) in [6.07, 6.45) is 0.749. The average molecular weight is 364 g/mol. The minimum Gasteiger partial charge on any atom is -0.496 e. The Morgan fingerprint density at radius 3 is 2.50 bits per heavy atom. The lowest BCUT2D eigenvalue weighted by atomic mass is 9.89. The van der Waals surface area contributed by atoms with Crippen LogP contribution in [0, 0.1) is 5.92 Å². The smallest absolute Gasteiger partial charge is 0.420 e. The van der Waals surface area contributed by atoms with Crippen LogP contribution in [0.25, 0.3) is 0 Å². The number of amides is 1. The number of carbonyl (C=O) groups excluding carboxylic acids is 1. The molecular weight excluding hydrogens is 343 g/mol. The Labute approximate surface area is 144 Å². The van der Waals surface area contributed by atoms with E-state index in [1.54, 1.807) is 0 Å². The molecule has 1 amide bonds. The molecule has 2 rings (SSSR count). The molecule has 134 valence electrons. The van der Waals surface area contributed by atoms with Gasteiger partial charge < -0.3 is 9.64 Å². The second-order valence-corrected chi connectivity index (χ2v) is 6.29. The molecule has 0 bridgehead atoms. The quantitative estimate of drug-likeness (QED) is 0.699. The Balaban J connectivity index is 2.33. The third kappa shape index (κ3) is 4.56. The zero-order valence-electron chi connectivity index (χ0n) is 13.5. The highest BCUT2D eigenvalue weighted by Gasteiger charge is 2.35. The lowest BCUT2D eigenvalue weighted by Gasteiger charge is -2.30. The van der Waals surface area contributed by atoms with Crippen LogP contribution in [0.1, 0.15) is 37.7 Å². The number of hydrogen-bond acceptors (Lipinski definition) is 2. The van der Waals surface area contributed by atoms with Crippen molar-refractivity contribution in [3.63, 3.8) is 0 Å². The average Bonchev–Trinajstić information content (AvgIpc) is 2.58. The first-order valence-electron chi connectivity index (χ1n) is 7.98. The molecule has 0 unspecified atom stereocenters. The molecule has 1 aromatic carbocycles. The van der Waals surface area contributed by atoms with E-state index in [1.165, 1.54) is 30.6 Å². The van der Waals surface area contributed by atoms with Crippen molar-refractivity contribution in [3.8, 4) is 5.75 Å². The Morgan fingerprint density at radius 1 is 1.29 bits per heavy atom. The maximum atomic E-state index is 13.2. The van der Waals surface area contributed by atoms with E-state index in [9.17, 15) is 18.0 Å². The number of alkyl halides is 4. The summed E-state index contributed by atoms with van der Waals surface area (Å²) in [6, 6.07) is 3.68. The number of benzene rings is 1. The minimum absolute atomic E-state index is 0.208. The Kier molecular flexibility index (Phi) is 6.38. The monoisotopic (exact) mass is 363 g/mol. The Bertz CT molecular complexity index is 571. The second kappa shape index (κ2) is 8.10. The molecule has 1 aromatic rings. The number of rotatable bonds is 5. The fourth-order valence-corrected chi connectivity index (χ4v) is 3.28. The van der Waals surface area contributed by atoms with E-state index in [1.807, 2.05) is 0 Å². The molecule has 0 atom stereocenters. The molecule has 24 heavy (non-hydrogen) atoms. The molecular formula is C17H21ClF3NO2. The number of ether oxygens (including phenoxy) is 1. The second-order valence-electron chi connectivity index (χ2n) is 6.02. The van der Waals surface area contributed by atoms with Gasteiger partial charge in [-0.1, -0.05) is 19.3 Å². The maximum absolute atomic E-state index is 13.2. The van der Waals surface area contributed by atoms with Crippen molar-refractivity contribution in [1.29, 1.82) is 0 Å². The first-order valence-corrected chi connectivity index (χ1v) is 8.52. The van der Waals surface area contributed by atoms with Crippen LogP contribution in [0.5, 0.6) is 5.75 Å². The summed E-state index contributed by atoms with van der Waals surface area (Å²) < 4.78 is 44.4. The molecule has 0 N–H and O–H groups in total. The van der Waals surface area contributed by atoms with E-state index in [4.69, 9.17) is 16.3 Å². The van der Waals surface area contributed by atoms with Gasteiger partial charge in [-0.15, -0.1) is 11.6 Å². The van der Waals surface area contributed by atoms with Gasteiger partial charge in [0.05, 0.1) is 12.7 Å². The van der Waals surface area contributed by atoms with Gasteiger partial charge in [0.15, 0.2) is 0 Å². The van der Waals surface area contributed by atoms with Crippen molar-refractivity contribution in [3.05, 3.63) is 23.8 Å². The van der Waals surface area contributed by atoms with Crippen LogP contribution in [0.2, 0.25) is 0 Å². The predicted octanol–water partition coefficient (Wildman–Crippen LogP) is 4.87. The van der Waals surface area contributed by atoms with Gasteiger partial charge >= 0.3 is 6.18 Å². The maximum Gasteiger partial charge on any atom is 0.420 e. The van der Waals surface area contributed by atoms with E-state index in [0.717, 1.165) is 31.7 Å². The molecule has 0 aliphatic heterocycles. The topological polar surface area (TPSA) is 29.5 Å². The number of halogens is 4. The Hall–Kier alpha value is -1.43. The Morgan fingerprint density at radius 2 is 1.96 bits per heavy atom. The number of nitrogens with zero attached hydrogens (tertiary/aromatic N) is 1. The molecule has 1 saturated carbocycles. The highest BCUT2D eigenvalue weighted by molar-refractivity contribution is 6.29. The van der Waals surface area contributed by atoms with Crippen molar-refractivity contribution in [2.45, 2.75) is 38.3 Å². The van der Waals surface area contributed by atoms with Crippen molar-refractivity contribution >= 4 is 23.2 Å². The van der Waals surface area contributed by atoms with E-state index in [2.05, 4.69) is 0 Å². The van der Waals surface area contributed by atoms with Gasteiger partial charge in [0.25, 0.3) is 0 Å². The molecule has 7 heteroatoms. The third-order valence-corrected chi connectivity index (χ3v) is 4.61. The van der Waals surface area contributed by atoms with Gasteiger partial charge in [-0.05, 0) is 37.0 Å². The predicted molar refractivity (Wildman–Crippen MR) is 87.6 cm³/mol. The van der Waals surface area contributed by atoms with Crippen LogP contribution >= 0.6 is 11.6 Å². The minimum atomic E-state index is -4.55. The molecule has 1 aliphatic rings. The van der Waals surface area contributed by atoms with E-state index < -0.39 is 11.7 Å². The van der Waals surface area contributed by atoms with Crippen LogP contribution in [-0.4, -0.2) is 25.4 Å². The number of hydrogen-bond donors (Lipinski definition) is 0. The van der Waals surface area contributed by atoms with Gasteiger partial charge in [-0.25, -0.2) is 0 Å². The zero-order chi connectivity index (χ0) is 17.7. The first-order chi connectivity index (χ1) is 11.4. The van der Waals surface area contributed by atoms with Gasteiger partial charge in [0.1, 0.15) is 11.6 Å². The van der Waals surface area contributed by atoms with Crippen molar-refractivity contribution < 1.29 is 22.7 Å². The fraction of sp³-hybridized carbons (Fsp3) is 0.588. The fourth-order valence-electron chi connectivity index (χ4n) is 3.14. The summed E-state index contributed by atoms with van der Waals surface area (Å²) in [4.78, 5) is 13.6. The summed E-state index contributed by atoms with van der Waals surface area (Å²) in [6.45, 7) is 0.398.